The first kappa shape index (κ1) is 20.7. The fraction of sp³-hybridized carbons (Fsp3) is 0.458. The fourth-order valence-corrected chi connectivity index (χ4v) is 5.20. The van der Waals surface area contributed by atoms with E-state index >= 15 is 0 Å². The summed E-state index contributed by atoms with van der Waals surface area (Å²) >= 11 is 0. The van der Waals surface area contributed by atoms with Crippen LogP contribution in [0.3, 0.4) is 0 Å². The number of fused-ring (bicyclic) bond motifs is 1. The number of carboxylic acid groups (broad SMARTS) is 1. The van der Waals surface area contributed by atoms with Gasteiger partial charge in [0.2, 0.25) is 0 Å². The largest absolute Gasteiger partial charge is 0.506 e. The SMILES string of the molecule is Cc1cc(C2c3cccc(O)c3NC(N3CC[C@H](C(=O)O)C3)C2C(C)C)ccc1F. The van der Waals surface area contributed by atoms with E-state index < -0.39 is 5.97 Å². The third kappa shape index (κ3) is 3.54. The van der Waals surface area contributed by atoms with Crippen molar-refractivity contribution in [1.82, 2.24) is 4.90 Å². The van der Waals surface area contributed by atoms with Crippen LogP contribution in [0.15, 0.2) is 36.4 Å². The minimum Gasteiger partial charge on any atom is -0.506 e. The molecule has 0 saturated carbocycles. The normalized spacial score (nSPS) is 26.4. The molecule has 0 aromatic heterocycles. The lowest BCUT2D eigenvalue weighted by Gasteiger charge is -2.47. The van der Waals surface area contributed by atoms with Gasteiger partial charge in [0, 0.05) is 24.9 Å². The number of phenolic OH excluding ortho intramolecular Hbond substituents is 1. The zero-order valence-corrected chi connectivity index (χ0v) is 17.6. The topological polar surface area (TPSA) is 72.8 Å². The third-order valence-electron chi connectivity index (χ3n) is 6.72. The molecule has 4 rings (SSSR count). The lowest BCUT2D eigenvalue weighted by Crippen LogP contribution is -2.51. The van der Waals surface area contributed by atoms with Crippen molar-refractivity contribution in [3.8, 4) is 5.75 Å². The Hall–Kier alpha value is -2.60. The highest BCUT2D eigenvalue weighted by Crippen LogP contribution is 2.49. The number of halogens is 1. The van der Waals surface area contributed by atoms with E-state index in [0.717, 1.165) is 11.1 Å². The Morgan fingerprint density at radius 2 is 2.03 bits per heavy atom. The number of hydrogen-bond donors (Lipinski definition) is 3. The summed E-state index contributed by atoms with van der Waals surface area (Å²) in [5.41, 5.74) is 3.29. The lowest BCUT2D eigenvalue weighted by molar-refractivity contribution is -0.141. The predicted octanol–water partition coefficient (Wildman–Crippen LogP) is 4.40. The molecule has 3 N–H and O–H groups in total. The van der Waals surface area contributed by atoms with Gasteiger partial charge in [0.05, 0.1) is 17.8 Å². The van der Waals surface area contributed by atoms with E-state index in [1.807, 2.05) is 24.3 Å². The third-order valence-corrected chi connectivity index (χ3v) is 6.72. The van der Waals surface area contributed by atoms with E-state index in [2.05, 4.69) is 24.1 Å². The number of nitrogens with one attached hydrogen (secondary N) is 1. The van der Waals surface area contributed by atoms with Crippen molar-refractivity contribution in [2.75, 3.05) is 18.4 Å². The number of hydrogen-bond acceptors (Lipinski definition) is 4. The van der Waals surface area contributed by atoms with Crippen molar-refractivity contribution < 1.29 is 19.4 Å². The molecule has 2 aliphatic heterocycles. The molecule has 2 aliphatic rings. The summed E-state index contributed by atoms with van der Waals surface area (Å²) in [7, 11) is 0. The molecule has 0 spiro atoms. The van der Waals surface area contributed by atoms with Crippen LogP contribution in [0.5, 0.6) is 5.75 Å². The van der Waals surface area contributed by atoms with Gasteiger partial charge in [-0.25, -0.2) is 4.39 Å². The van der Waals surface area contributed by atoms with E-state index in [1.165, 1.54) is 6.07 Å². The summed E-state index contributed by atoms with van der Waals surface area (Å²) < 4.78 is 14.0. The number of aromatic hydroxyl groups is 1. The van der Waals surface area contributed by atoms with Gasteiger partial charge in [-0.1, -0.05) is 38.1 Å². The van der Waals surface area contributed by atoms with Crippen molar-refractivity contribution >= 4 is 11.7 Å². The first-order chi connectivity index (χ1) is 14.3. The molecule has 30 heavy (non-hydrogen) atoms. The van der Waals surface area contributed by atoms with Crippen molar-refractivity contribution in [1.29, 1.82) is 0 Å². The van der Waals surface area contributed by atoms with E-state index in [-0.39, 0.29) is 41.4 Å². The molecule has 1 saturated heterocycles. The second-order valence-electron chi connectivity index (χ2n) is 8.96. The van der Waals surface area contributed by atoms with Gasteiger partial charge in [-0.05, 0) is 48.1 Å². The highest BCUT2D eigenvalue weighted by atomic mass is 19.1. The molecule has 2 heterocycles. The average Bonchev–Trinajstić information content (AvgIpc) is 3.19. The van der Waals surface area contributed by atoms with E-state index in [4.69, 9.17) is 0 Å². The number of anilines is 1. The Morgan fingerprint density at radius 3 is 2.67 bits per heavy atom. The van der Waals surface area contributed by atoms with Crippen molar-refractivity contribution in [3.05, 3.63) is 58.9 Å². The highest BCUT2D eigenvalue weighted by molar-refractivity contribution is 5.71. The van der Waals surface area contributed by atoms with Gasteiger partial charge in [-0.3, -0.25) is 9.69 Å². The van der Waals surface area contributed by atoms with Crippen LogP contribution >= 0.6 is 0 Å². The molecule has 0 aliphatic carbocycles. The van der Waals surface area contributed by atoms with Gasteiger partial charge in [0.25, 0.3) is 0 Å². The predicted molar refractivity (Wildman–Crippen MR) is 114 cm³/mol. The fourth-order valence-electron chi connectivity index (χ4n) is 5.20. The number of carbonyl (C=O) groups is 1. The van der Waals surface area contributed by atoms with E-state index in [1.54, 1.807) is 13.0 Å². The van der Waals surface area contributed by atoms with Crippen LogP contribution in [0.4, 0.5) is 10.1 Å². The smallest absolute Gasteiger partial charge is 0.307 e. The number of carboxylic acids is 1. The van der Waals surface area contributed by atoms with E-state index in [9.17, 15) is 19.4 Å². The molecule has 0 amide bonds. The zero-order chi connectivity index (χ0) is 21.6. The number of phenols is 1. The van der Waals surface area contributed by atoms with Gasteiger partial charge < -0.3 is 15.5 Å². The number of benzene rings is 2. The first-order valence-electron chi connectivity index (χ1n) is 10.6. The first-order valence-corrected chi connectivity index (χ1v) is 10.6. The maximum absolute atomic E-state index is 14.0. The minimum atomic E-state index is -0.761. The molecule has 2 aromatic carbocycles. The summed E-state index contributed by atoms with van der Waals surface area (Å²) in [6.07, 6.45) is 0.497. The van der Waals surface area contributed by atoms with Crippen LogP contribution in [-0.4, -0.2) is 40.3 Å². The Labute approximate surface area is 176 Å². The van der Waals surface area contributed by atoms with Gasteiger partial charge in [-0.15, -0.1) is 0 Å². The average molecular weight is 413 g/mol. The van der Waals surface area contributed by atoms with Gasteiger partial charge in [0.1, 0.15) is 11.6 Å². The number of likely N-dealkylation sites (tertiary alicyclic amines) is 1. The van der Waals surface area contributed by atoms with Crippen LogP contribution in [-0.2, 0) is 4.79 Å². The Kier molecular flexibility index (Phi) is 5.45. The highest BCUT2D eigenvalue weighted by Gasteiger charge is 2.45. The Morgan fingerprint density at radius 1 is 1.27 bits per heavy atom. The number of aryl methyl sites for hydroxylation is 1. The number of aliphatic carboxylic acids is 1. The maximum atomic E-state index is 14.0. The molecule has 2 aromatic rings. The van der Waals surface area contributed by atoms with Crippen LogP contribution < -0.4 is 5.32 Å². The molecular weight excluding hydrogens is 383 g/mol. The second-order valence-corrected chi connectivity index (χ2v) is 8.96. The molecule has 0 radical (unpaired) electrons. The summed E-state index contributed by atoms with van der Waals surface area (Å²) in [5.74, 6) is -0.835. The van der Waals surface area contributed by atoms with Crippen LogP contribution in [0.25, 0.3) is 0 Å². The van der Waals surface area contributed by atoms with Crippen molar-refractivity contribution in [2.24, 2.45) is 17.8 Å². The minimum absolute atomic E-state index is 0.0403. The molecule has 160 valence electrons. The van der Waals surface area contributed by atoms with Crippen LogP contribution in [0.2, 0.25) is 0 Å². The van der Waals surface area contributed by atoms with Gasteiger partial charge >= 0.3 is 5.97 Å². The Balaban J connectivity index is 1.83. The molecule has 0 bridgehead atoms. The van der Waals surface area contributed by atoms with E-state index in [0.29, 0.717) is 30.8 Å². The molecule has 6 heteroatoms. The maximum Gasteiger partial charge on any atom is 0.307 e. The molecular formula is C24H29FN2O3. The summed E-state index contributed by atoms with van der Waals surface area (Å²) in [4.78, 5) is 13.7. The lowest BCUT2D eigenvalue weighted by atomic mass is 9.70. The molecule has 4 atom stereocenters. The number of rotatable bonds is 4. The number of nitrogens with zero attached hydrogens (tertiary/aromatic N) is 1. The summed E-state index contributed by atoms with van der Waals surface area (Å²) in [6.45, 7) is 7.27. The standard InChI is InChI=1S/C24H29FN2O3/c1-13(2)20-21(15-7-8-18(25)14(3)11-15)17-5-4-6-19(28)22(17)26-23(20)27-10-9-16(12-27)24(29)30/h4-8,11,13,16,20-21,23,26,28H,9-10,12H2,1-3H3,(H,29,30)/t16-,20?,21?,23?/m0/s1. The Bertz CT molecular complexity index is 961. The molecule has 1 fully saturated rings. The molecule has 5 nitrogen and oxygen atoms in total. The monoisotopic (exact) mass is 412 g/mol. The van der Waals surface area contributed by atoms with Gasteiger partial charge in [0.15, 0.2) is 0 Å². The van der Waals surface area contributed by atoms with Crippen molar-refractivity contribution in [3.63, 3.8) is 0 Å². The van der Waals surface area contributed by atoms with Gasteiger partial charge in [-0.2, -0.15) is 0 Å². The van der Waals surface area contributed by atoms with Crippen LogP contribution in [0.1, 0.15) is 42.9 Å². The van der Waals surface area contributed by atoms with Crippen LogP contribution in [0, 0.1) is 30.5 Å². The molecule has 3 unspecified atom stereocenters. The number of para-hydroxylation sites is 1. The summed E-state index contributed by atoms with van der Waals surface area (Å²) in [6, 6.07) is 10.8. The van der Waals surface area contributed by atoms with Crippen molar-refractivity contribution in [2.45, 2.75) is 39.3 Å². The second kappa shape index (κ2) is 7.91. The zero-order valence-electron chi connectivity index (χ0n) is 17.6. The summed E-state index contributed by atoms with van der Waals surface area (Å²) in [5, 5.41) is 23.6. The quantitative estimate of drug-likeness (QED) is 0.649.